The van der Waals surface area contributed by atoms with Crippen molar-refractivity contribution in [1.82, 2.24) is 14.2 Å². The number of aromatic nitrogens is 1. The van der Waals surface area contributed by atoms with Gasteiger partial charge in [0.05, 0.1) is 11.4 Å². The van der Waals surface area contributed by atoms with Gasteiger partial charge in [-0.1, -0.05) is 0 Å². The molecule has 8 heteroatoms. The minimum absolute atomic E-state index is 0.176. The van der Waals surface area contributed by atoms with E-state index in [1.54, 1.807) is 11.2 Å². The standard InChI is InChI=1S/C10H18N4O2S2/c1-2-18(15,16)14-5-3-13(4-6-14)7-9-8-17-10(11)12-9/h8H,2-7H2,1H3,(H2,11,12). The number of anilines is 1. The van der Waals surface area contributed by atoms with Gasteiger partial charge in [-0.25, -0.2) is 13.4 Å². The Morgan fingerprint density at radius 3 is 2.56 bits per heavy atom. The van der Waals surface area contributed by atoms with Gasteiger partial charge in [0.15, 0.2) is 5.13 Å². The lowest BCUT2D eigenvalue weighted by molar-refractivity contribution is 0.180. The summed E-state index contributed by atoms with van der Waals surface area (Å²) in [6.45, 7) is 5.05. The van der Waals surface area contributed by atoms with Crippen LogP contribution in [0.5, 0.6) is 0 Å². The van der Waals surface area contributed by atoms with Gasteiger partial charge in [0, 0.05) is 38.1 Å². The molecular formula is C10H18N4O2S2. The van der Waals surface area contributed by atoms with E-state index in [2.05, 4.69) is 9.88 Å². The van der Waals surface area contributed by atoms with Gasteiger partial charge in [0.2, 0.25) is 10.0 Å². The number of nitrogens with zero attached hydrogens (tertiary/aromatic N) is 3. The average Bonchev–Trinajstić information content (AvgIpc) is 2.75. The van der Waals surface area contributed by atoms with E-state index in [-0.39, 0.29) is 5.75 Å². The number of nitrogens with two attached hydrogens (primary N) is 1. The van der Waals surface area contributed by atoms with Gasteiger partial charge in [-0.2, -0.15) is 4.31 Å². The third-order valence-corrected chi connectivity index (χ3v) is 5.65. The van der Waals surface area contributed by atoms with Gasteiger partial charge in [-0.3, -0.25) is 4.90 Å². The molecule has 0 radical (unpaired) electrons. The van der Waals surface area contributed by atoms with Crippen molar-refractivity contribution in [2.75, 3.05) is 37.7 Å². The normalized spacial score (nSPS) is 19.2. The molecule has 0 aliphatic carbocycles. The van der Waals surface area contributed by atoms with Crippen LogP contribution in [-0.4, -0.2) is 54.5 Å². The van der Waals surface area contributed by atoms with Crippen LogP contribution in [0.25, 0.3) is 0 Å². The van der Waals surface area contributed by atoms with Crippen LogP contribution in [0.2, 0.25) is 0 Å². The van der Waals surface area contributed by atoms with Crippen molar-refractivity contribution in [3.63, 3.8) is 0 Å². The number of hydrogen-bond donors (Lipinski definition) is 1. The molecule has 0 saturated carbocycles. The first-order chi connectivity index (χ1) is 8.51. The Bertz CT molecular complexity index is 492. The molecule has 0 aromatic carbocycles. The number of hydrogen-bond acceptors (Lipinski definition) is 6. The highest BCUT2D eigenvalue weighted by atomic mass is 32.2. The molecule has 1 aromatic rings. The van der Waals surface area contributed by atoms with E-state index in [0.29, 0.717) is 18.2 Å². The van der Waals surface area contributed by atoms with Crippen LogP contribution < -0.4 is 5.73 Å². The molecule has 1 fully saturated rings. The maximum Gasteiger partial charge on any atom is 0.213 e. The molecule has 2 heterocycles. The van der Waals surface area contributed by atoms with Crippen LogP contribution in [0.15, 0.2) is 5.38 Å². The summed E-state index contributed by atoms with van der Waals surface area (Å²) in [6, 6.07) is 0. The fourth-order valence-corrected chi connectivity index (χ4v) is 3.61. The third kappa shape index (κ3) is 3.19. The summed E-state index contributed by atoms with van der Waals surface area (Å²) in [5.74, 6) is 0.176. The first kappa shape index (κ1) is 13.7. The average molecular weight is 290 g/mol. The largest absolute Gasteiger partial charge is 0.375 e. The number of sulfonamides is 1. The van der Waals surface area contributed by atoms with Crippen LogP contribution in [0.4, 0.5) is 5.13 Å². The van der Waals surface area contributed by atoms with Gasteiger partial charge in [0.1, 0.15) is 0 Å². The molecule has 1 aliphatic rings. The lowest BCUT2D eigenvalue weighted by Gasteiger charge is -2.33. The van der Waals surface area contributed by atoms with Crippen molar-refractivity contribution in [1.29, 1.82) is 0 Å². The second-order valence-corrected chi connectivity index (χ2v) is 7.40. The molecule has 1 aliphatic heterocycles. The minimum Gasteiger partial charge on any atom is -0.375 e. The number of rotatable bonds is 4. The van der Waals surface area contributed by atoms with Crippen molar-refractivity contribution >= 4 is 26.5 Å². The molecule has 1 saturated heterocycles. The molecule has 0 spiro atoms. The summed E-state index contributed by atoms with van der Waals surface area (Å²) in [5, 5.41) is 2.53. The highest BCUT2D eigenvalue weighted by molar-refractivity contribution is 7.89. The molecule has 2 N–H and O–H groups in total. The lowest BCUT2D eigenvalue weighted by atomic mass is 10.3. The molecule has 2 rings (SSSR count). The summed E-state index contributed by atoms with van der Waals surface area (Å²) in [7, 11) is -3.04. The highest BCUT2D eigenvalue weighted by Crippen LogP contribution is 2.15. The van der Waals surface area contributed by atoms with Gasteiger partial charge in [-0.05, 0) is 6.92 Å². The fourth-order valence-electron chi connectivity index (χ4n) is 1.97. The van der Waals surface area contributed by atoms with E-state index < -0.39 is 10.0 Å². The Labute approximate surface area is 111 Å². The first-order valence-corrected chi connectivity index (χ1v) is 8.40. The van der Waals surface area contributed by atoms with Gasteiger partial charge < -0.3 is 5.73 Å². The van der Waals surface area contributed by atoms with E-state index >= 15 is 0 Å². The Morgan fingerprint density at radius 2 is 2.06 bits per heavy atom. The Hall–Kier alpha value is -0.700. The molecule has 102 valence electrons. The molecule has 18 heavy (non-hydrogen) atoms. The zero-order chi connectivity index (χ0) is 13.2. The van der Waals surface area contributed by atoms with Crippen LogP contribution in [0.1, 0.15) is 12.6 Å². The Kier molecular flexibility index (Phi) is 4.21. The van der Waals surface area contributed by atoms with Crippen molar-refractivity contribution in [2.45, 2.75) is 13.5 Å². The monoisotopic (exact) mass is 290 g/mol. The topological polar surface area (TPSA) is 79.5 Å². The summed E-state index contributed by atoms with van der Waals surface area (Å²) in [4.78, 5) is 6.42. The van der Waals surface area contributed by atoms with Crippen LogP contribution in [-0.2, 0) is 16.6 Å². The second-order valence-electron chi connectivity index (χ2n) is 4.25. The molecule has 0 unspecified atom stereocenters. The van der Waals surface area contributed by atoms with Gasteiger partial charge in [-0.15, -0.1) is 11.3 Å². The summed E-state index contributed by atoms with van der Waals surface area (Å²) >= 11 is 1.44. The first-order valence-electron chi connectivity index (χ1n) is 5.91. The molecule has 1 aromatic heterocycles. The summed E-state index contributed by atoms with van der Waals surface area (Å²) < 4.78 is 25.0. The molecule has 6 nitrogen and oxygen atoms in total. The van der Waals surface area contributed by atoms with E-state index in [1.807, 2.05) is 5.38 Å². The highest BCUT2D eigenvalue weighted by Gasteiger charge is 2.25. The summed E-state index contributed by atoms with van der Waals surface area (Å²) in [5.41, 5.74) is 6.54. The number of piperazine rings is 1. The smallest absolute Gasteiger partial charge is 0.213 e. The Morgan fingerprint density at radius 1 is 1.39 bits per heavy atom. The number of nitrogen functional groups attached to an aromatic ring is 1. The zero-order valence-electron chi connectivity index (χ0n) is 10.4. The van der Waals surface area contributed by atoms with Crippen LogP contribution in [0, 0.1) is 0 Å². The quantitative estimate of drug-likeness (QED) is 0.856. The minimum atomic E-state index is -3.04. The molecule has 0 amide bonds. The molecule has 0 atom stereocenters. The van der Waals surface area contributed by atoms with E-state index in [1.165, 1.54) is 11.3 Å². The number of thiazole rings is 1. The SMILES string of the molecule is CCS(=O)(=O)N1CCN(Cc2csc(N)n2)CC1. The van der Waals surface area contributed by atoms with Gasteiger partial charge in [0.25, 0.3) is 0 Å². The fraction of sp³-hybridized carbons (Fsp3) is 0.700. The predicted molar refractivity (Wildman–Crippen MR) is 72.8 cm³/mol. The van der Waals surface area contributed by atoms with Crippen molar-refractivity contribution in [2.24, 2.45) is 0 Å². The molecule has 0 bridgehead atoms. The van der Waals surface area contributed by atoms with E-state index in [9.17, 15) is 8.42 Å². The maximum absolute atomic E-state index is 11.7. The van der Waals surface area contributed by atoms with E-state index in [4.69, 9.17) is 5.73 Å². The third-order valence-electron chi connectivity index (χ3n) is 3.04. The van der Waals surface area contributed by atoms with Crippen molar-refractivity contribution in [3.05, 3.63) is 11.1 Å². The van der Waals surface area contributed by atoms with Crippen LogP contribution in [0.3, 0.4) is 0 Å². The van der Waals surface area contributed by atoms with Crippen molar-refractivity contribution < 1.29 is 8.42 Å². The van der Waals surface area contributed by atoms with Crippen LogP contribution >= 0.6 is 11.3 Å². The van der Waals surface area contributed by atoms with E-state index in [0.717, 1.165) is 25.3 Å². The Balaban J connectivity index is 1.87. The van der Waals surface area contributed by atoms with Gasteiger partial charge >= 0.3 is 0 Å². The predicted octanol–water partition coefficient (Wildman–Crippen LogP) is 0.193. The van der Waals surface area contributed by atoms with Crippen molar-refractivity contribution in [3.8, 4) is 0 Å². The molecular weight excluding hydrogens is 272 g/mol. The second kappa shape index (κ2) is 5.52. The lowest BCUT2D eigenvalue weighted by Crippen LogP contribution is -2.48. The summed E-state index contributed by atoms with van der Waals surface area (Å²) in [6.07, 6.45) is 0. The maximum atomic E-state index is 11.7. The zero-order valence-corrected chi connectivity index (χ0v) is 12.0.